The van der Waals surface area contributed by atoms with Crippen molar-refractivity contribution in [1.29, 1.82) is 0 Å². The van der Waals surface area contributed by atoms with Gasteiger partial charge in [0.2, 0.25) is 0 Å². The maximum atomic E-state index is 11.2. The zero-order valence-corrected chi connectivity index (χ0v) is 9.52. The summed E-state index contributed by atoms with van der Waals surface area (Å²) in [6, 6.07) is 10.2. The van der Waals surface area contributed by atoms with Gasteiger partial charge in [-0.05, 0) is 29.7 Å². The molecule has 0 aliphatic heterocycles. The summed E-state index contributed by atoms with van der Waals surface area (Å²) in [5.41, 5.74) is 3.52. The minimum atomic E-state index is 0.340. The molecule has 0 N–H and O–H groups in total. The third kappa shape index (κ3) is 1.86. The number of hydrogen-bond acceptors (Lipinski definition) is 2. The number of nitrogens with zero attached hydrogens (tertiary/aromatic N) is 1. The molecule has 3 rings (SSSR count). The van der Waals surface area contributed by atoms with Crippen LogP contribution in [0.1, 0.15) is 24.8 Å². The Kier molecular flexibility index (Phi) is 2.48. The molecular weight excluding hydrogens is 210 g/mol. The monoisotopic (exact) mass is 223 g/mol. The van der Waals surface area contributed by atoms with Gasteiger partial charge in [-0.2, -0.15) is 0 Å². The van der Waals surface area contributed by atoms with Gasteiger partial charge in [-0.25, -0.2) is 0 Å². The van der Waals surface area contributed by atoms with Gasteiger partial charge in [-0.15, -0.1) is 0 Å². The Labute approximate surface area is 100.0 Å². The van der Waals surface area contributed by atoms with Gasteiger partial charge in [0.15, 0.2) is 0 Å². The highest BCUT2D eigenvalue weighted by Gasteiger charge is 2.13. The van der Waals surface area contributed by atoms with Crippen molar-refractivity contribution in [1.82, 2.24) is 4.98 Å². The van der Waals surface area contributed by atoms with E-state index in [1.807, 2.05) is 24.4 Å². The summed E-state index contributed by atoms with van der Waals surface area (Å²) in [5, 5.41) is 1.18. The summed E-state index contributed by atoms with van der Waals surface area (Å²) in [7, 11) is 0. The van der Waals surface area contributed by atoms with Crippen molar-refractivity contribution in [2.24, 2.45) is 0 Å². The normalized spacial score (nSPS) is 16.0. The lowest BCUT2D eigenvalue weighted by Crippen LogP contribution is -2.03. The molecule has 2 heteroatoms. The van der Waals surface area contributed by atoms with Crippen LogP contribution in [0.25, 0.3) is 16.5 Å². The van der Waals surface area contributed by atoms with Crippen molar-refractivity contribution in [3.63, 3.8) is 0 Å². The zero-order valence-electron chi connectivity index (χ0n) is 9.52. The molecular formula is C15H13NO. The second-order valence-electron chi connectivity index (χ2n) is 4.35. The van der Waals surface area contributed by atoms with Gasteiger partial charge in [-0.3, -0.25) is 9.78 Å². The molecule has 0 radical (unpaired) electrons. The van der Waals surface area contributed by atoms with E-state index in [1.165, 1.54) is 16.5 Å². The van der Waals surface area contributed by atoms with Crippen LogP contribution in [0.4, 0.5) is 0 Å². The van der Waals surface area contributed by atoms with Crippen molar-refractivity contribution in [2.75, 3.05) is 0 Å². The Balaban J connectivity index is 2.14. The van der Waals surface area contributed by atoms with Crippen LogP contribution >= 0.6 is 0 Å². The summed E-state index contributed by atoms with van der Waals surface area (Å²) in [5.74, 6) is 0.340. The van der Waals surface area contributed by atoms with Gasteiger partial charge in [0.25, 0.3) is 0 Å². The number of Topliss-reactive ketones (excluding diaryl/α,β-unsaturated/α-hetero) is 1. The number of carbonyl (C=O) groups excluding carboxylic acids is 1. The van der Waals surface area contributed by atoms with Crippen LogP contribution in [-0.4, -0.2) is 10.8 Å². The first kappa shape index (κ1) is 10.2. The second kappa shape index (κ2) is 4.13. The minimum absolute atomic E-state index is 0.340. The topological polar surface area (TPSA) is 30.0 Å². The van der Waals surface area contributed by atoms with E-state index < -0.39 is 0 Å². The first-order chi connectivity index (χ1) is 8.34. The van der Waals surface area contributed by atoms with Gasteiger partial charge < -0.3 is 0 Å². The van der Waals surface area contributed by atoms with Gasteiger partial charge in [0.1, 0.15) is 5.78 Å². The summed E-state index contributed by atoms with van der Waals surface area (Å²) in [6.45, 7) is 0. The Hall–Kier alpha value is -1.96. The van der Waals surface area contributed by atoms with Crippen LogP contribution in [0.2, 0.25) is 0 Å². The molecule has 0 amide bonds. The zero-order chi connectivity index (χ0) is 11.7. The number of carbonyl (C=O) groups is 1. The molecule has 1 aromatic carbocycles. The predicted molar refractivity (Wildman–Crippen MR) is 68.6 cm³/mol. The van der Waals surface area contributed by atoms with E-state index in [4.69, 9.17) is 0 Å². The van der Waals surface area contributed by atoms with Crippen LogP contribution in [0.5, 0.6) is 0 Å². The lowest BCUT2D eigenvalue weighted by molar-refractivity contribution is -0.118. The molecule has 0 saturated carbocycles. The Morgan fingerprint density at radius 3 is 2.82 bits per heavy atom. The van der Waals surface area contributed by atoms with Gasteiger partial charge >= 0.3 is 0 Å². The molecule has 0 saturated heterocycles. The highest BCUT2D eigenvalue weighted by molar-refractivity contribution is 5.95. The molecule has 0 bridgehead atoms. The van der Waals surface area contributed by atoms with E-state index in [2.05, 4.69) is 23.2 Å². The van der Waals surface area contributed by atoms with Crippen LogP contribution in [0.15, 0.2) is 42.6 Å². The summed E-state index contributed by atoms with van der Waals surface area (Å²) in [4.78, 5) is 15.6. The largest absolute Gasteiger partial charge is 0.299 e. The maximum Gasteiger partial charge on any atom is 0.137 e. The number of ketones is 1. The number of aromatic nitrogens is 1. The quantitative estimate of drug-likeness (QED) is 0.741. The molecule has 2 nitrogen and oxygen atoms in total. The van der Waals surface area contributed by atoms with Crippen molar-refractivity contribution < 1.29 is 4.79 Å². The van der Waals surface area contributed by atoms with Crippen molar-refractivity contribution >= 4 is 22.3 Å². The van der Waals surface area contributed by atoms with E-state index in [0.717, 1.165) is 11.9 Å². The fraction of sp³-hybridized carbons (Fsp3) is 0.200. The smallest absolute Gasteiger partial charge is 0.137 e. The fourth-order valence-electron chi connectivity index (χ4n) is 2.34. The molecule has 1 aromatic heterocycles. The molecule has 0 spiro atoms. The van der Waals surface area contributed by atoms with E-state index in [0.29, 0.717) is 18.6 Å². The maximum absolute atomic E-state index is 11.2. The Morgan fingerprint density at radius 2 is 2.00 bits per heavy atom. The van der Waals surface area contributed by atoms with Gasteiger partial charge in [0, 0.05) is 24.4 Å². The van der Waals surface area contributed by atoms with Gasteiger partial charge in [0.05, 0.1) is 5.52 Å². The molecule has 2 aromatic rings. The number of rotatable bonds is 1. The Morgan fingerprint density at radius 1 is 1.06 bits per heavy atom. The number of fused-ring (bicyclic) bond motifs is 1. The molecule has 1 aliphatic carbocycles. The minimum Gasteiger partial charge on any atom is -0.299 e. The second-order valence-corrected chi connectivity index (χ2v) is 4.35. The summed E-state index contributed by atoms with van der Waals surface area (Å²) >= 11 is 0. The molecule has 1 heterocycles. The molecule has 17 heavy (non-hydrogen) atoms. The third-order valence-electron chi connectivity index (χ3n) is 3.24. The summed E-state index contributed by atoms with van der Waals surface area (Å²) in [6.07, 6.45) is 5.97. The number of allylic oxidation sites excluding steroid dienone is 2. The van der Waals surface area contributed by atoms with Crippen LogP contribution in [-0.2, 0) is 4.79 Å². The summed E-state index contributed by atoms with van der Waals surface area (Å²) < 4.78 is 0. The van der Waals surface area contributed by atoms with Crippen LogP contribution in [0.3, 0.4) is 0 Å². The lowest BCUT2D eigenvalue weighted by Gasteiger charge is -2.14. The predicted octanol–water partition coefficient (Wildman–Crippen LogP) is 3.37. The fourth-order valence-corrected chi connectivity index (χ4v) is 2.34. The van der Waals surface area contributed by atoms with Crippen molar-refractivity contribution in [3.05, 3.63) is 48.2 Å². The molecule has 0 unspecified atom stereocenters. The number of hydrogen-bond donors (Lipinski definition) is 0. The average molecular weight is 223 g/mol. The SMILES string of the molecule is O=C1CC=C(c2cccc3ncccc23)CC1. The van der Waals surface area contributed by atoms with E-state index in [-0.39, 0.29) is 0 Å². The highest BCUT2D eigenvalue weighted by Crippen LogP contribution is 2.30. The number of benzene rings is 1. The van der Waals surface area contributed by atoms with E-state index in [1.54, 1.807) is 0 Å². The van der Waals surface area contributed by atoms with E-state index >= 15 is 0 Å². The Bertz CT molecular complexity index is 608. The van der Waals surface area contributed by atoms with Crippen molar-refractivity contribution in [3.8, 4) is 0 Å². The molecule has 84 valence electrons. The van der Waals surface area contributed by atoms with E-state index in [9.17, 15) is 4.79 Å². The number of pyridine rings is 1. The van der Waals surface area contributed by atoms with Crippen molar-refractivity contribution in [2.45, 2.75) is 19.3 Å². The van der Waals surface area contributed by atoms with Gasteiger partial charge in [-0.1, -0.05) is 24.3 Å². The average Bonchev–Trinajstić information content (AvgIpc) is 2.39. The first-order valence-electron chi connectivity index (χ1n) is 5.89. The lowest BCUT2D eigenvalue weighted by atomic mass is 9.91. The standard InChI is InChI=1S/C15H13NO/c17-12-8-6-11(7-9-12)13-3-1-5-15-14(13)4-2-10-16-15/h1-6,10H,7-9H2. The van der Waals surface area contributed by atoms with Crippen LogP contribution in [0, 0.1) is 0 Å². The molecule has 0 atom stereocenters. The molecule has 1 aliphatic rings. The first-order valence-corrected chi connectivity index (χ1v) is 5.89. The van der Waals surface area contributed by atoms with Crippen LogP contribution < -0.4 is 0 Å². The molecule has 0 fully saturated rings. The third-order valence-corrected chi connectivity index (χ3v) is 3.24. The highest BCUT2D eigenvalue weighted by atomic mass is 16.1.